The van der Waals surface area contributed by atoms with E-state index in [9.17, 15) is 13.2 Å². The molecule has 0 spiro atoms. The summed E-state index contributed by atoms with van der Waals surface area (Å²) in [7, 11) is -2.99. The maximum absolute atomic E-state index is 12.4. The maximum Gasteiger partial charge on any atom is 0.226 e. The van der Waals surface area contributed by atoms with Crippen molar-refractivity contribution >= 4 is 28.2 Å². The molecule has 0 aromatic heterocycles. The van der Waals surface area contributed by atoms with E-state index in [1.54, 1.807) is 11.8 Å². The van der Waals surface area contributed by atoms with Crippen molar-refractivity contribution in [2.75, 3.05) is 25.4 Å². The number of carbonyl (C=O) groups excluding carboxylic acids is 1. The van der Waals surface area contributed by atoms with Gasteiger partial charge in [-0.15, -0.1) is 12.4 Å². The summed E-state index contributed by atoms with van der Waals surface area (Å²) >= 11 is 0. The molecule has 7 heteroatoms. The Kier molecular flexibility index (Phi) is 5.65. The molecule has 0 aromatic rings. The first-order valence-electron chi connectivity index (χ1n) is 6.66. The summed E-state index contributed by atoms with van der Waals surface area (Å²) in [6.45, 7) is 2.93. The van der Waals surface area contributed by atoms with Crippen molar-refractivity contribution < 1.29 is 13.2 Å². The number of halogens is 1. The number of amides is 1. The van der Waals surface area contributed by atoms with Crippen LogP contribution in [0.4, 0.5) is 0 Å². The van der Waals surface area contributed by atoms with Gasteiger partial charge in [0, 0.05) is 19.0 Å². The molecule has 2 rings (SSSR count). The average Bonchev–Trinajstić information content (AvgIpc) is 2.80. The Morgan fingerprint density at radius 3 is 2.63 bits per heavy atom. The molecule has 1 heterocycles. The highest BCUT2D eigenvalue weighted by molar-refractivity contribution is 7.92. The molecular formula is C12H23ClN2O3S. The lowest BCUT2D eigenvalue weighted by molar-refractivity contribution is -0.136. The minimum atomic E-state index is -2.99. The van der Waals surface area contributed by atoms with Gasteiger partial charge in [-0.2, -0.15) is 0 Å². The number of hydrogen-bond donors (Lipinski definition) is 1. The summed E-state index contributed by atoms with van der Waals surface area (Å²) < 4.78 is 23.3. The summed E-state index contributed by atoms with van der Waals surface area (Å²) in [6.07, 6.45) is 2.98. The molecule has 0 aromatic carbocycles. The fraction of sp³-hybridized carbons (Fsp3) is 0.917. The SMILES string of the molecule is CC1CN(C(=O)[C@@H]2CCC[C@@H]2CN)CCS1(=O)=O.Cl. The highest BCUT2D eigenvalue weighted by atomic mass is 35.5. The zero-order chi connectivity index (χ0) is 13.3. The van der Waals surface area contributed by atoms with Crippen LogP contribution in [0.25, 0.3) is 0 Å². The number of carbonyl (C=O) groups is 1. The molecule has 2 fully saturated rings. The van der Waals surface area contributed by atoms with Crippen LogP contribution in [0.5, 0.6) is 0 Å². The van der Waals surface area contributed by atoms with Gasteiger partial charge in [-0.3, -0.25) is 4.79 Å². The van der Waals surface area contributed by atoms with Crippen molar-refractivity contribution in [2.24, 2.45) is 17.6 Å². The average molecular weight is 311 g/mol. The standard InChI is InChI=1S/C12H22N2O3S.ClH/c1-9-8-14(5-6-18(9,16)17)12(15)11-4-2-3-10(11)7-13;/h9-11H,2-8,13H2,1H3;1H/t9?,10-,11-;/m1./s1. The van der Waals surface area contributed by atoms with Gasteiger partial charge in [0.25, 0.3) is 0 Å². The number of rotatable bonds is 2. The van der Waals surface area contributed by atoms with E-state index in [-0.39, 0.29) is 35.9 Å². The first kappa shape index (κ1) is 16.7. The minimum absolute atomic E-state index is 0. The van der Waals surface area contributed by atoms with Gasteiger partial charge in [-0.05, 0) is 32.2 Å². The monoisotopic (exact) mass is 310 g/mol. The lowest BCUT2D eigenvalue weighted by Gasteiger charge is -2.33. The van der Waals surface area contributed by atoms with Crippen LogP contribution < -0.4 is 5.73 Å². The zero-order valence-electron chi connectivity index (χ0n) is 11.2. The molecule has 1 aliphatic heterocycles. The normalized spacial score (nSPS) is 33.8. The fourth-order valence-electron chi connectivity index (χ4n) is 3.03. The van der Waals surface area contributed by atoms with Crippen LogP contribution in [-0.2, 0) is 14.6 Å². The Balaban J connectivity index is 0.00000180. The summed E-state index contributed by atoms with van der Waals surface area (Å²) in [5.74, 6) is 0.513. The predicted octanol–water partition coefficient (Wildman–Crippen LogP) is 0.429. The molecular weight excluding hydrogens is 288 g/mol. The van der Waals surface area contributed by atoms with Gasteiger partial charge in [0.1, 0.15) is 0 Å². The van der Waals surface area contributed by atoms with Gasteiger partial charge in [0.2, 0.25) is 5.91 Å². The fourth-order valence-corrected chi connectivity index (χ4v) is 4.32. The molecule has 19 heavy (non-hydrogen) atoms. The molecule has 2 N–H and O–H groups in total. The third-order valence-corrected chi connectivity index (χ3v) is 6.45. The number of nitrogens with zero attached hydrogens (tertiary/aromatic N) is 1. The maximum atomic E-state index is 12.4. The van der Waals surface area contributed by atoms with Crippen LogP contribution in [0.2, 0.25) is 0 Å². The second-order valence-electron chi connectivity index (χ2n) is 5.50. The van der Waals surface area contributed by atoms with Gasteiger partial charge in [-0.1, -0.05) is 6.42 Å². The third kappa shape index (κ3) is 3.41. The van der Waals surface area contributed by atoms with E-state index in [0.717, 1.165) is 19.3 Å². The largest absolute Gasteiger partial charge is 0.340 e. The molecule has 1 aliphatic carbocycles. The molecule has 1 unspecified atom stereocenters. The Bertz CT molecular complexity index is 427. The van der Waals surface area contributed by atoms with Crippen LogP contribution in [0, 0.1) is 11.8 Å². The van der Waals surface area contributed by atoms with E-state index in [1.807, 2.05) is 0 Å². The van der Waals surface area contributed by atoms with E-state index in [4.69, 9.17) is 5.73 Å². The second kappa shape index (κ2) is 6.41. The molecule has 1 amide bonds. The summed E-state index contributed by atoms with van der Waals surface area (Å²) in [5.41, 5.74) is 5.70. The number of nitrogens with two attached hydrogens (primary N) is 1. The molecule has 2 aliphatic rings. The summed E-state index contributed by atoms with van der Waals surface area (Å²) in [6, 6.07) is 0. The zero-order valence-corrected chi connectivity index (χ0v) is 12.9. The van der Waals surface area contributed by atoms with E-state index < -0.39 is 15.1 Å². The smallest absolute Gasteiger partial charge is 0.226 e. The van der Waals surface area contributed by atoms with Crippen molar-refractivity contribution in [3.63, 3.8) is 0 Å². The molecule has 3 atom stereocenters. The molecule has 112 valence electrons. The second-order valence-corrected chi connectivity index (χ2v) is 8.03. The lowest BCUT2D eigenvalue weighted by Crippen LogP contribution is -2.50. The predicted molar refractivity (Wildman–Crippen MR) is 77.0 cm³/mol. The Hall–Kier alpha value is -0.330. The third-order valence-electron chi connectivity index (χ3n) is 4.33. The van der Waals surface area contributed by atoms with Crippen LogP contribution in [0.1, 0.15) is 26.2 Å². The van der Waals surface area contributed by atoms with Gasteiger partial charge in [-0.25, -0.2) is 8.42 Å². The van der Waals surface area contributed by atoms with Crippen LogP contribution in [0.3, 0.4) is 0 Å². The van der Waals surface area contributed by atoms with Crippen molar-refractivity contribution in [3.05, 3.63) is 0 Å². The highest BCUT2D eigenvalue weighted by Crippen LogP contribution is 2.33. The van der Waals surface area contributed by atoms with Crippen LogP contribution >= 0.6 is 12.4 Å². The lowest BCUT2D eigenvalue weighted by atomic mass is 9.94. The van der Waals surface area contributed by atoms with Gasteiger partial charge >= 0.3 is 0 Å². The van der Waals surface area contributed by atoms with E-state index in [2.05, 4.69) is 0 Å². The highest BCUT2D eigenvalue weighted by Gasteiger charge is 2.38. The topological polar surface area (TPSA) is 80.5 Å². The molecule has 5 nitrogen and oxygen atoms in total. The number of hydrogen-bond acceptors (Lipinski definition) is 4. The molecule has 1 saturated heterocycles. The first-order chi connectivity index (χ1) is 8.45. The summed E-state index contributed by atoms with van der Waals surface area (Å²) in [4.78, 5) is 14.1. The van der Waals surface area contributed by atoms with Crippen molar-refractivity contribution in [1.29, 1.82) is 0 Å². The van der Waals surface area contributed by atoms with Gasteiger partial charge < -0.3 is 10.6 Å². The van der Waals surface area contributed by atoms with E-state index >= 15 is 0 Å². The minimum Gasteiger partial charge on any atom is -0.340 e. The van der Waals surface area contributed by atoms with Crippen molar-refractivity contribution in [3.8, 4) is 0 Å². The molecule has 1 saturated carbocycles. The Labute approximate surface area is 121 Å². The van der Waals surface area contributed by atoms with Crippen molar-refractivity contribution in [2.45, 2.75) is 31.4 Å². The van der Waals surface area contributed by atoms with Gasteiger partial charge in [0.15, 0.2) is 9.84 Å². The Morgan fingerprint density at radius 2 is 2.05 bits per heavy atom. The Morgan fingerprint density at radius 1 is 1.37 bits per heavy atom. The summed E-state index contributed by atoms with van der Waals surface area (Å²) in [5, 5.41) is -0.437. The van der Waals surface area contributed by atoms with Gasteiger partial charge in [0.05, 0.1) is 11.0 Å². The first-order valence-corrected chi connectivity index (χ1v) is 8.37. The number of sulfone groups is 1. The van der Waals surface area contributed by atoms with Crippen LogP contribution in [-0.4, -0.2) is 49.9 Å². The molecule has 0 radical (unpaired) electrons. The molecule has 0 bridgehead atoms. The van der Waals surface area contributed by atoms with E-state index in [1.165, 1.54) is 0 Å². The van der Waals surface area contributed by atoms with Crippen LogP contribution in [0.15, 0.2) is 0 Å². The van der Waals surface area contributed by atoms with E-state index in [0.29, 0.717) is 19.6 Å². The quantitative estimate of drug-likeness (QED) is 0.802. The van der Waals surface area contributed by atoms with Crippen molar-refractivity contribution in [1.82, 2.24) is 4.90 Å².